The molecule has 0 saturated carbocycles. The van der Waals surface area contributed by atoms with Crippen molar-refractivity contribution in [3.63, 3.8) is 0 Å². The molecule has 0 aromatic carbocycles. The Morgan fingerprint density at radius 2 is 2.08 bits per heavy atom. The molecular formula is C16H27N5O3S. The fourth-order valence-corrected chi connectivity index (χ4v) is 4.34. The summed E-state index contributed by atoms with van der Waals surface area (Å²) in [5.74, 6) is 0.715. The molecule has 0 bridgehead atoms. The lowest BCUT2D eigenvalue weighted by atomic mass is 9.96. The second kappa shape index (κ2) is 7.94. The summed E-state index contributed by atoms with van der Waals surface area (Å²) in [5.41, 5.74) is 0.650. The number of aliphatic hydroxyl groups is 1. The van der Waals surface area contributed by atoms with Crippen LogP contribution in [0.5, 0.6) is 0 Å². The van der Waals surface area contributed by atoms with E-state index in [9.17, 15) is 8.42 Å². The van der Waals surface area contributed by atoms with Gasteiger partial charge in [0.1, 0.15) is 4.90 Å². The number of sulfone groups is 1. The van der Waals surface area contributed by atoms with Gasteiger partial charge in [-0.15, -0.1) is 0 Å². The van der Waals surface area contributed by atoms with Gasteiger partial charge in [-0.05, 0) is 19.4 Å². The molecule has 140 valence electrons. The Bertz CT molecular complexity index is 683. The molecular weight excluding hydrogens is 342 g/mol. The van der Waals surface area contributed by atoms with E-state index in [4.69, 9.17) is 5.11 Å². The van der Waals surface area contributed by atoms with Crippen LogP contribution < -0.4 is 10.2 Å². The van der Waals surface area contributed by atoms with Gasteiger partial charge in [-0.1, -0.05) is 0 Å². The van der Waals surface area contributed by atoms with E-state index in [1.165, 1.54) is 12.5 Å². The fraction of sp³-hybridized carbons (Fsp3) is 0.750. The second-order valence-electron chi connectivity index (χ2n) is 6.79. The zero-order valence-electron chi connectivity index (χ0n) is 14.7. The van der Waals surface area contributed by atoms with Crippen LogP contribution in [0.3, 0.4) is 0 Å². The zero-order valence-corrected chi connectivity index (χ0v) is 15.5. The molecule has 0 amide bonds. The van der Waals surface area contributed by atoms with Crippen molar-refractivity contribution in [3.05, 3.63) is 11.9 Å². The quantitative estimate of drug-likeness (QED) is 0.714. The van der Waals surface area contributed by atoms with Gasteiger partial charge >= 0.3 is 0 Å². The summed E-state index contributed by atoms with van der Waals surface area (Å²) < 4.78 is 24.3. The van der Waals surface area contributed by atoms with Crippen LogP contribution in [-0.4, -0.2) is 87.1 Å². The van der Waals surface area contributed by atoms with Gasteiger partial charge in [-0.2, -0.15) is 0 Å². The highest BCUT2D eigenvalue weighted by atomic mass is 32.2. The van der Waals surface area contributed by atoms with E-state index in [2.05, 4.69) is 25.1 Å². The van der Waals surface area contributed by atoms with E-state index < -0.39 is 9.84 Å². The van der Waals surface area contributed by atoms with Crippen molar-refractivity contribution in [3.8, 4) is 0 Å². The average Bonchev–Trinajstić information content (AvgIpc) is 2.62. The SMILES string of the molecule is CS(=O)(=O)c1cnc(N2CCN(CCO)CC2)nc1[C@@H]1CCCNC1. The van der Waals surface area contributed by atoms with Crippen LogP contribution in [0.15, 0.2) is 11.1 Å². The number of aromatic nitrogens is 2. The number of nitrogens with zero attached hydrogens (tertiary/aromatic N) is 4. The van der Waals surface area contributed by atoms with E-state index in [-0.39, 0.29) is 17.4 Å². The van der Waals surface area contributed by atoms with Crippen LogP contribution in [0.1, 0.15) is 24.5 Å². The lowest BCUT2D eigenvalue weighted by molar-refractivity contribution is 0.188. The molecule has 0 spiro atoms. The fourth-order valence-electron chi connectivity index (χ4n) is 3.50. The Morgan fingerprint density at radius 1 is 1.32 bits per heavy atom. The number of aliphatic hydroxyl groups excluding tert-OH is 1. The van der Waals surface area contributed by atoms with Crippen molar-refractivity contribution in [2.24, 2.45) is 0 Å². The summed E-state index contributed by atoms with van der Waals surface area (Å²) >= 11 is 0. The number of rotatable bonds is 5. The zero-order chi connectivity index (χ0) is 17.9. The third-order valence-electron chi connectivity index (χ3n) is 4.92. The first kappa shape index (κ1) is 18.5. The van der Waals surface area contributed by atoms with E-state index in [1.54, 1.807) is 0 Å². The monoisotopic (exact) mass is 369 g/mol. The highest BCUT2D eigenvalue weighted by molar-refractivity contribution is 7.90. The average molecular weight is 369 g/mol. The molecule has 3 rings (SSSR count). The van der Waals surface area contributed by atoms with E-state index in [1.807, 2.05) is 0 Å². The Kier molecular flexibility index (Phi) is 5.88. The standard InChI is InChI=1S/C16H27N5O3S/c1-25(23,24)14-12-18-16(19-15(14)13-3-2-4-17-11-13)21-7-5-20(6-8-21)9-10-22/h12-13,17,22H,2-11H2,1H3/t13-/m1/s1. The van der Waals surface area contributed by atoms with Gasteiger partial charge in [0, 0.05) is 51.4 Å². The molecule has 25 heavy (non-hydrogen) atoms. The molecule has 2 fully saturated rings. The van der Waals surface area contributed by atoms with Gasteiger partial charge in [-0.3, -0.25) is 4.90 Å². The van der Waals surface area contributed by atoms with Crippen molar-refractivity contribution >= 4 is 15.8 Å². The number of β-amino-alcohol motifs (C(OH)–C–C–N with tert-alkyl or cyclic N) is 1. The lowest BCUT2D eigenvalue weighted by Crippen LogP contribution is -2.47. The normalized spacial score (nSPS) is 23.0. The van der Waals surface area contributed by atoms with Crippen molar-refractivity contribution in [2.45, 2.75) is 23.7 Å². The summed E-state index contributed by atoms with van der Waals surface area (Å²) in [4.78, 5) is 13.6. The number of nitrogens with one attached hydrogen (secondary N) is 1. The molecule has 0 unspecified atom stereocenters. The van der Waals surface area contributed by atoms with Crippen molar-refractivity contribution in [1.29, 1.82) is 0 Å². The molecule has 3 heterocycles. The van der Waals surface area contributed by atoms with Gasteiger partial charge in [-0.25, -0.2) is 18.4 Å². The number of hydrogen-bond donors (Lipinski definition) is 2. The molecule has 2 saturated heterocycles. The highest BCUT2D eigenvalue weighted by Crippen LogP contribution is 2.28. The molecule has 2 aliphatic rings. The largest absolute Gasteiger partial charge is 0.395 e. The second-order valence-corrected chi connectivity index (χ2v) is 8.77. The lowest BCUT2D eigenvalue weighted by Gasteiger charge is -2.34. The first-order chi connectivity index (χ1) is 12.0. The Balaban J connectivity index is 1.84. The van der Waals surface area contributed by atoms with Crippen molar-refractivity contribution in [2.75, 3.05) is 63.6 Å². The maximum Gasteiger partial charge on any atom is 0.225 e. The summed E-state index contributed by atoms with van der Waals surface area (Å²) in [6.45, 7) is 5.81. The van der Waals surface area contributed by atoms with Crippen LogP contribution in [-0.2, 0) is 9.84 Å². The molecule has 2 aliphatic heterocycles. The predicted molar refractivity (Wildman–Crippen MR) is 95.7 cm³/mol. The van der Waals surface area contributed by atoms with Gasteiger partial charge in [0.2, 0.25) is 5.95 Å². The molecule has 0 radical (unpaired) electrons. The van der Waals surface area contributed by atoms with Gasteiger partial charge in [0.25, 0.3) is 0 Å². The molecule has 1 atom stereocenters. The van der Waals surface area contributed by atoms with E-state index >= 15 is 0 Å². The van der Waals surface area contributed by atoms with Crippen molar-refractivity contribution < 1.29 is 13.5 Å². The van der Waals surface area contributed by atoms with Crippen LogP contribution in [0.2, 0.25) is 0 Å². The minimum atomic E-state index is -3.35. The first-order valence-corrected chi connectivity index (χ1v) is 10.7. The third kappa shape index (κ3) is 4.46. The Hall–Kier alpha value is -1.29. The number of hydrogen-bond acceptors (Lipinski definition) is 8. The van der Waals surface area contributed by atoms with Gasteiger partial charge in [0.15, 0.2) is 9.84 Å². The number of piperazine rings is 1. The topological polar surface area (TPSA) is 98.7 Å². The Morgan fingerprint density at radius 3 is 2.68 bits per heavy atom. The third-order valence-corrected chi connectivity index (χ3v) is 6.04. The smallest absolute Gasteiger partial charge is 0.225 e. The molecule has 1 aromatic rings. The van der Waals surface area contributed by atoms with Crippen molar-refractivity contribution in [1.82, 2.24) is 20.2 Å². The molecule has 8 nitrogen and oxygen atoms in total. The first-order valence-electron chi connectivity index (χ1n) is 8.85. The van der Waals surface area contributed by atoms with Crippen LogP contribution >= 0.6 is 0 Å². The maximum absolute atomic E-state index is 12.2. The van der Waals surface area contributed by atoms with E-state index in [0.29, 0.717) is 18.2 Å². The Labute approximate surface area is 149 Å². The van der Waals surface area contributed by atoms with Crippen LogP contribution in [0.4, 0.5) is 5.95 Å². The predicted octanol–water partition coefficient (Wildman–Crippen LogP) is -0.539. The minimum absolute atomic E-state index is 0.107. The number of piperidine rings is 1. The number of anilines is 1. The van der Waals surface area contributed by atoms with Gasteiger partial charge < -0.3 is 15.3 Å². The summed E-state index contributed by atoms with van der Waals surface area (Å²) in [5, 5.41) is 12.4. The minimum Gasteiger partial charge on any atom is -0.395 e. The highest BCUT2D eigenvalue weighted by Gasteiger charge is 2.27. The summed E-state index contributed by atoms with van der Waals surface area (Å²) in [7, 11) is -3.35. The summed E-state index contributed by atoms with van der Waals surface area (Å²) in [6, 6.07) is 0. The van der Waals surface area contributed by atoms with Crippen LogP contribution in [0, 0.1) is 0 Å². The van der Waals surface area contributed by atoms with Crippen LogP contribution in [0.25, 0.3) is 0 Å². The molecule has 1 aromatic heterocycles. The molecule has 9 heteroatoms. The molecule has 0 aliphatic carbocycles. The molecule has 2 N–H and O–H groups in total. The van der Waals surface area contributed by atoms with Gasteiger partial charge in [0.05, 0.1) is 18.5 Å². The summed E-state index contributed by atoms with van der Waals surface area (Å²) in [6.07, 6.45) is 4.66. The van der Waals surface area contributed by atoms with E-state index in [0.717, 1.165) is 52.1 Å². The maximum atomic E-state index is 12.2.